The number of carbonyl (C=O) groups is 3. The smallest absolute Gasteiger partial charge is 0.462 e. The van der Waals surface area contributed by atoms with Crippen LogP contribution in [0.2, 0.25) is 0 Å². The number of aliphatic hydroxyl groups is 1. The summed E-state index contributed by atoms with van der Waals surface area (Å²) in [6.07, 6.45) is 64.1. The van der Waals surface area contributed by atoms with Gasteiger partial charge in [-0.05, 0) is 83.5 Å². The summed E-state index contributed by atoms with van der Waals surface area (Å²) in [5.74, 6) is -1.57. The molecule has 426 valence electrons. The van der Waals surface area contributed by atoms with Gasteiger partial charge in [-0.25, -0.2) is 4.57 Å². The lowest BCUT2D eigenvalue weighted by Crippen LogP contribution is -2.30. The van der Waals surface area contributed by atoms with Gasteiger partial charge in [0.25, 0.3) is 0 Å². The zero-order chi connectivity index (χ0) is 54.1. The molecule has 3 unspecified atom stereocenters. The van der Waals surface area contributed by atoms with Gasteiger partial charge in [-0.15, -0.1) is 0 Å². The van der Waals surface area contributed by atoms with Gasteiger partial charge in [0.1, 0.15) is 12.7 Å². The van der Waals surface area contributed by atoms with E-state index in [4.69, 9.17) is 23.3 Å². The minimum absolute atomic E-state index is 0.0411. The number of carbonyl (C=O) groups excluding carboxylic acids is 3. The topological polar surface area (TPSA) is 155 Å². The summed E-state index contributed by atoms with van der Waals surface area (Å²) in [6.45, 7) is 4.44. The Labute approximate surface area is 451 Å². The minimum Gasteiger partial charge on any atom is -0.462 e. The predicted molar refractivity (Wildman–Crippen MR) is 307 cm³/mol. The molecule has 0 rings (SSSR count). The Morgan fingerprint density at radius 2 is 0.730 bits per heavy atom. The molecule has 0 fully saturated rings. The predicted octanol–water partition coefficient (Wildman–Crippen LogP) is 17.5. The van der Waals surface area contributed by atoms with Crippen LogP contribution in [-0.2, 0) is 42.2 Å². The highest BCUT2D eigenvalue weighted by Gasteiger charge is 2.28. The number of unbranched alkanes of at least 4 members (excludes halogenated alkanes) is 23. The number of allylic oxidation sites excluding steroid dienone is 14. The van der Waals surface area contributed by atoms with Crippen molar-refractivity contribution >= 4 is 25.7 Å². The number of esters is 3. The molecule has 0 spiro atoms. The summed E-state index contributed by atoms with van der Waals surface area (Å²) in [7, 11) is -4.77. The molecule has 3 atom stereocenters. The molecule has 0 bridgehead atoms. The van der Waals surface area contributed by atoms with Crippen LogP contribution in [0, 0.1) is 0 Å². The van der Waals surface area contributed by atoms with E-state index in [0.29, 0.717) is 25.7 Å². The van der Waals surface area contributed by atoms with Gasteiger partial charge in [0.15, 0.2) is 6.10 Å². The van der Waals surface area contributed by atoms with Crippen molar-refractivity contribution in [1.82, 2.24) is 0 Å². The maximum Gasteiger partial charge on any atom is 0.472 e. The fourth-order valence-electron chi connectivity index (χ4n) is 7.85. The van der Waals surface area contributed by atoms with E-state index in [0.717, 1.165) is 89.9 Å². The van der Waals surface area contributed by atoms with Gasteiger partial charge in [-0.1, -0.05) is 234 Å². The molecule has 74 heavy (non-hydrogen) atoms. The standard InChI is InChI=1S/C62H107O11P/c1-4-7-10-13-16-19-22-25-27-28-29-30-32-35-38-41-44-47-50-53-62(66)73-59(55-69-60(64)51-48-45-42-39-36-34-31-26-23-20-17-14-11-8-5-2)57-71-74(67,68)70-56-58(54-63)72-61(65)52-49-46-43-40-37-33-24-21-18-15-12-9-6-3/h7,10,16,19,21,24-25,27,29-30,35,38,44,47,58-59,63H,4-6,8-9,11-15,17-18,20,22-23,26,28,31-34,36-37,39-43,45-46,48-57H2,1-3H3,(H,67,68)/b10-7-,19-16-,24-21-,27-25-,30-29-,38-35-,47-44-. The second kappa shape index (κ2) is 55.9. The summed E-state index contributed by atoms with van der Waals surface area (Å²) in [4.78, 5) is 48.5. The van der Waals surface area contributed by atoms with Crippen LogP contribution >= 0.6 is 7.82 Å². The molecule has 0 amide bonds. The molecule has 0 saturated heterocycles. The first-order valence-corrected chi connectivity index (χ1v) is 31.0. The van der Waals surface area contributed by atoms with E-state index in [1.807, 2.05) is 12.2 Å². The molecule has 0 aromatic carbocycles. The van der Waals surface area contributed by atoms with E-state index in [2.05, 4.69) is 93.7 Å². The Balaban J connectivity index is 4.84. The van der Waals surface area contributed by atoms with Crippen molar-refractivity contribution in [3.63, 3.8) is 0 Å². The second-order valence-corrected chi connectivity index (χ2v) is 20.9. The first-order chi connectivity index (χ1) is 36.2. The maximum absolute atomic E-state index is 12.9. The van der Waals surface area contributed by atoms with Gasteiger partial charge in [0, 0.05) is 19.3 Å². The number of phosphoric acid groups is 1. The second-order valence-electron chi connectivity index (χ2n) is 19.4. The van der Waals surface area contributed by atoms with Crippen LogP contribution in [0.4, 0.5) is 0 Å². The molecular formula is C62H107O11P. The molecule has 0 heterocycles. The fraction of sp³-hybridized carbons (Fsp3) is 0.726. The molecule has 0 aromatic rings. The van der Waals surface area contributed by atoms with Gasteiger partial charge in [0.05, 0.1) is 19.8 Å². The van der Waals surface area contributed by atoms with Crippen LogP contribution in [0.5, 0.6) is 0 Å². The van der Waals surface area contributed by atoms with Gasteiger partial charge in [-0.2, -0.15) is 0 Å². The van der Waals surface area contributed by atoms with Crippen molar-refractivity contribution < 1.29 is 52.2 Å². The number of phosphoric ester groups is 1. The summed E-state index contributed by atoms with van der Waals surface area (Å²) in [5.41, 5.74) is 0. The number of hydrogen-bond acceptors (Lipinski definition) is 10. The third kappa shape index (κ3) is 53.5. The zero-order valence-corrected chi connectivity index (χ0v) is 47.9. The van der Waals surface area contributed by atoms with E-state index in [1.165, 1.54) is 96.3 Å². The summed E-state index contributed by atoms with van der Waals surface area (Å²) in [6, 6.07) is 0. The highest BCUT2D eigenvalue weighted by atomic mass is 31.2. The lowest BCUT2D eigenvalue weighted by molar-refractivity contribution is -0.161. The first kappa shape index (κ1) is 70.7. The quantitative estimate of drug-likeness (QED) is 0.0197. The molecule has 12 heteroatoms. The zero-order valence-electron chi connectivity index (χ0n) is 47.0. The Morgan fingerprint density at radius 3 is 1.18 bits per heavy atom. The first-order valence-electron chi connectivity index (χ1n) is 29.5. The third-order valence-electron chi connectivity index (χ3n) is 12.3. The van der Waals surface area contributed by atoms with E-state index < -0.39 is 57.8 Å². The van der Waals surface area contributed by atoms with Crippen LogP contribution in [0.1, 0.15) is 252 Å². The summed E-state index contributed by atoms with van der Waals surface area (Å²) >= 11 is 0. The van der Waals surface area contributed by atoms with Crippen molar-refractivity contribution in [2.45, 2.75) is 264 Å². The lowest BCUT2D eigenvalue weighted by atomic mass is 10.0. The van der Waals surface area contributed by atoms with Crippen molar-refractivity contribution in [1.29, 1.82) is 0 Å². The average Bonchev–Trinajstić information content (AvgIpc) is 3.39. The Kier molecular flexibility index (Phi) is 53.4. The molecule has 0 aliphatic heterocycles. The molecule has 0 saturated carbocycles. The van der Waals surface area contributed by atoms with Crippen LogP contribution in [0.3, 0.4) is 0 Å². The Hall–Kier alpha value is -3.34. The highest BCUT2D eigenvalue weighted by molar-refractivity contribution is 7.47. The largest absolute Gasteiger partial charge is 0.472 e. The Morgan fingerprint density at radius 1 is 0.392 bits per heavy atom. The normalized spacial score (nSPS) is 14.0. The van der Waals surface area contributed by atoms with Gasteiger partial charge in [0.2, 0.25) is 0 Å². The monoisotopic (exact) mass is 1060 g/mol. The summed E-state index contributed by atoms with van der Waals surface area (Å²) in [5, 5.41) is 9.81. The van der Waals surface area contributed by atoms with Crippen LogP contribution in [0.15, 0.2) is 85.1 Å². The fourth-order valence-corrected chi connectivity index (χ4v) is 8.63. The number of hydrogen-bond donors (Lipinski definition) is 2. The molecule has 2 N–H and O–H groups in total. The van der Waals surface area contributed by atoms with Crippen LogP contribution in [-0.4, -0.2) is 66.5 Å². The van der Waals surface area contributed by atoms with Crippen LogP contribution in [0.25, 0.3) is 0 Å². The van der Waals surface area contributed by atoms with E-state index in [9.17, 15) is 28.9 Å². The van der Waals surface area contributed by atoms with E-state index >= 15 is 0 Å². The van der Waals surface area contributed by atoms with Crippen molar-refractivity contribution in [3.8, 4) is 0 Å². The van der Waals surface area contributed by atoms with Crippen LogP contribution < -0.4 is 0 Å². The molecule has 0 radical (unpaired) electrons. The number of aliphatic hydroxyl groups excluding tert-OH is 1. The SMILES string of the molecule is CC/C=C\C/C=C\C/C=C\C/C=C\C/C=C\C/C=C\CCC(=O)OC(COC(=O)CCCCCCCCCCCCCCCCC)COP(=O)(O)OCC(CO)OC(=O)CCCCCCC/C=C\CCCCCC. The lowest BCUT2D eigenvalue weighted by Gasteiger charge is -2.21. The van der Waals surface area contributed by atoms with E-state index in [1.54, 1.807) is 0 Å². The van der Waals surface area contributed by atoms with Gasteiger partial charge < -0.3 is 24.2 Å². The summed E-state index contributed by atoms with van der Waals surface area (Å²) < 4.78 is 39.4. The maximum atomic E-state index is 12.9. The molecule has 11 nitrogen and oxygen atoms in total. The van der Waals surface area contributed by atoms with Crippen molar-refractivity contribution in [3.05, 3.63) is 85.1 Å². The third-order valence-corrected chi connectivity index (χ3v) is 13.3. The average molecular weight is 1060 g/mol. The minimum atomic E-state index is -4.77. The molecular weight excluding hydrogens is 952 g/mol. The van der Waals surface area contributed by atoms with Gasteiger partial charge in [-0.3, -0.25) is 23.4 Å². The number of ether oxygens (including phenoxy) is 3. The van der Waals surface area contributed by atoms with Crippen molar-refractivity contribution in [2.75, 3.05) is 26.4 Å². The highest BCUT2D eigenvalue weighted by Crippen LogP contribution is 2.43. The Bertz CT molecular complexity index is 1560. The molecule has 0 aromatic heterocycles. The number of rotatable bonds is 54. The molecule has 0 aliphatic carbocycles. The van der Waals surface area contributed by atoms with Crippen molar-refractivity contribution in [2.24, 2.45) is 0 Å². The molecule has 0 aliphatic rings. The van der Waals surface area contributed by atoms with E-state index in [-0.39, 0.29) is 25.9 Å². The van der Waals surface area contributed by atoms with Gasteiger partial charge >= 0.3 is 25.7 Å².